The van der Waals surface area contributed by atoms with Gasteiger partial charge in [0.15, 0.2) is 0 Å². The fraction of sp³-hybridized carbons (Fsp3) is 0.400. The second-order valence-corrected chi connectivity index (χ2v) is 4.27. The number of nitrogens with one attached hydrogen (secondary N) is 1. The van der Waals surface area contributed by atoms with Gasteiger partial charge in [-0.2, -0.15) is 13.2 Å². The quantitative estimate of drug-likeness (QED) is 0.892. The van der Waals surface area contributed by atoms with Crippen LogP contribution in [0, 0.1) is 0 Å². The van der Waals surface area contributed by atoms with Crippen LogP contribution in [0.4, 0.5) is 13.2 Å². The van der Waals surface area contributed by atoms with Gasteiger partial charge in [-0.15, -0.1) is 0 Å². The van der Waals surface area contributed by atoms with Crippen LogP contribution < -0.4 is 11.1 Å². The molecule has 0 heterocycles. The van der Waals surface area contributed by atoms with Gasteiger partial charge in [0.25, 0.3) is 0 Å². The summed E-state index contributed by atoms with van der Waals surface area (Å²) in [5.74, 6) is 0. The zero-order valence-corrected chi connectivity index (χ0v) is 10.2. The van der Waals surface area contributed by atoms with Crippen molar-refractivity contribution in [2.24, 2.45) is 5.73 Å². The molecule has 1 atom stereocenters. The summed E-state index contributed by atoms with van der Waals surface area (Å²) in [7, 11) is 0. The van der Waals surface area contributed by atoms with E-state index in [4.69, 9.17) is 28.9 Å². The Morgan fingerprint density at radius 2 is 1.88 bits per heavy atom. The molecule has 1 unspecified atom stereocenters. The van der Waals surface area contributed by atoms with Crippen molar-refractivity contribution < 1.29 is 13.2 Å². The SMILES string of the molecule is NCC(NCC(F)(F)F)c1ccc(Cl)c(Cl)c1. The Morgan fingerprint density at radius 1 is 1.24 bits per heavy atom. The van der Waals surface area contributed by atoms with Crippen LogP contribution in [0.5, 0.6) is 0 Å². The number of alkyl halides is 3. The van der Waals surface area contributed by atoms with Crippen molar-refractivity contribution in [1.29, 1.82) is 0 Å². The van der Waals surface area contributed by atoms with E-state index in [1.165, 1.54) is 12.1 Å². The molecule has 0 amide bonds. The molecule has 0 saturated carbocycles. The Labute approximate surface area is 107 Å². The van der Waals surface area contributed by atoms with Crippen LogP contribution in [0.3, 0.4) is 0 Å². The van der Waals surface area contributed by atoms with Crippen LogP contribution >= 0.6 is 23.2 Å². The molecule has 1 aromatic carbocycles. The molecule has 3 N–H and O–H groups in total. The zero-order chi connectivity index (χ0) is 13.1. The van der Waals surface area contributed by atoms with E-state index < -0.39 is 18.8 Å². The molecule has 7 heteroatoms. The van der Waals surface area contributed by atoms with Crippen molar-refractivity contribution in [3.8, 4) is 0 Å². The summed E-state index contributed by atoms with van der Waals surface area (Å²) < 4.78 is 36.2. The van der Waals surface area contributed by atoms with Gasteiger partial charge < -0.3 is 11.1 Å². The average molecular weight is 287 g/mol. The highest BCUT2D eigenvalue weighted by Crippen LogP contribution is 2.25. The maximum Gasteiger partial charge on any atom is 0.401 e. The Bertz CT molecular complexity index is 382. The predicted molar refractivity (Wildman–Crippen MR) is 62.3 cm³/mol. The highest BCUT2D eigenvalue weighted by atomic mass is 35.5. The van der Waals surface area contributed by atoms with Crippen molar-refractivity contribution in [2.45, 2.75) is 12.2 Å². The summed E-state index contributed by atoms with van der Waals surface area (Å²) in [5, 5.41) is 2.96. The van der Waals surface area contributed by atoms with E-state index in [1.807, 2.05) is 0 Å². The first-order valence-electron chi connectivity index (χ1n) is 4.78. The van der Waals surface area contributed by atoms with Crippen LogP contribution in [0.1, 0.15) is 11.6 Å². The molecule has 0 radical (unpaired) electrons. The third kappa shape index (κ3) is 4.71. The van der Waals surface area contributed by atoms with E-state index >= 15 is 0 Å². The maximum absolute atomic E-state index is 12.1. The second kappa shape index (κ2) is 5.91. The van der Waals surface area contributed by atoms with Gasteiger partial charge in [0, 0.05) is 12.6 Å². The smallest absolute Gasteiger partial charge is 0.329 e. The maximum atomic E-state index is 12.1. The molecule has 2 nitrogen and oxygen atoms in total. The lowest BCUT2D eigenvalue weighted by molar-refractivity contribution is -0.126. The van der Waals surface area contributed by atoms with E-state index in [-0.39, 0.29) is 11.6 Å². The molecule has 0 aliphatic heterocycles. The molecule has 0 fully saturated rings. The van der Waals surface area contributed by atoms with Crippen molar-refractivity contribution >= 4 is 23.2 Å². The van der Waals surface area contributed by atoms with Crippen LogP contribution in [-0.2, 0) is 0 Å². The normalized spacial score (nSPS) is 13.8. The monoisotopic (exact) mass is 286 g/mol. The van der Waals surface area contributed by atoms with Crippen LogP contribution in [0.15, 0.2) is 18.2 Å². The van der Waals surface area contributed by atoms with E-state index in [9.17, 15) is 13.2 Å². The molecule has 0 spiro atoms. The lowest BCUT2D eigenvalue weighted by Gasteiger charge is -2.18. The van der Waals surface area contributed by atoms with Gasteiger partial charge in [0.1, 0.15) is 0 Å². The van der Waals surface area contributed by atoms with Crippen molar-refractivity contribution in [3.05, 3.63) is 33.8 Å². The molecule has 17 heavy (non-hydrogen) atoms. The summed E-state index contributed by atoms with van der Waals surface area (Å²) >= 11 is 11.5. The number of benzene rings is 1. The van der Waals surface area contributed by atoms with Crippen molar-refractivity contribution in [2.75, 3.05) is 13.1 Å². The highest BCUT2D eigenvalue weighted by Gasteiger charge is 2.28. The Kier molecular flexibility index (Phi) is 5.06. The fourth-order valence-electron chi connectivity index (χ4n) is 1.31. The van der Waals surface area contributed by atoms with E-state index in [0.717, 1.165) is 0 Å². The van der Waals surface area contributed by atoms with E-state index in [0.29, 0.717) is 10.6 Å². The number of nitrogens with two attached hydrogens (primary N) is 1. The molecule has 0 saturated heterocycles. The Morgan fingerprint density at radius 3 is 2.35 bits per heavy atom. The first kappa shape index (κ1) is 14.6. The second-order valence-electron chi connectivity index (χ2n) is 3.46. The first-order chi connectivity index (χ1) is 7.83. The number of hydrogen-bond acceptors (Lipinski definition) is 2. The van der Waals surface area contributed by atoms with Crippen LogP contribution in [0.2, 0.25) is 10.0 Å². The van der Waals surface area contributed by atoms with Gasteiger partial charge in [0.05, 0.1) is 16.6 Å². The van der Waals surface area contributed by atoms with Crippen molar-refractivity contribution in [3.63, 3.8) is 0 Å². The summed E-state index contributed by atoms with van der Waals surface area (Å²) in [6.07, 6.45) is -4.27. The van der Waals surface area contributed by atoms with E-state index in [1.54, 1.807) is 6.07 Å². The summed E-state index contributed by atoms with van der Waals surface area (Å²) in [5.41, 5.74) is 5.99. The topological polar surface area (TPSA) is 38.0 Å². The molecule has 0 aliphatic carbocycles. The summed E-state index contributed by atoms with van der Waals surface area (Å²) in [4.78, 5) is 0. The van der Waals surface area contributed by atoms with Crippen molar-refractivity contribution in [1.82, 2.24) is 5.32 Å². The highest BCUT2D eigenvalue weighted by molar-refractivity contribution is 6.42. The molecule has 0 aliphatic rings. The zero-order valence-electron chi connectivity index (χ0n) is 8.69. The average Bonchev–Trinajstić information content (AvgIpc) is 2.22. The Balaban J connectivity index is 2.76. The lowest BCUT2D eigenvalue weighted by Crippen LogP contribution is -2.35. The van der Waals surface area contributed by atoms with Crippen LogP contribution in [-0.4, -0.2) is 19.3 Å². The lowest BCUT2D eigenvalue weighted by atomic mass is 10.1. The molecule has 1 rings (SSSR count). The van der Waals surface area contributed by atoms with E-state index in [2.05, 4.69) is 5.32 Å². The van der Waals surface area contributed by atoms with Gasteiger partial charge in [0.2, 0.25) is 0 Å². The molecule has 0 aromatic heterocycles. The van der Waals surface area contributed by atoms with Gasteiger partial charge in [-0.3, -0.25) is 0 Å². The predicted octanol–water partition coefficient (Wildman–Crippen LogP) is 3.15. The Hall–Kier alpha value is -0.490. The standard InChI is InChI=1S/C10H11Cl2F3N2/c11-7-2-1-6(3-8(7)12)9(4-16)17-5-10(13,14)15/h1-3,9,17H,4-5,16H2. The largest absolute Gasteiger partial charge is 0.401 e. The molecule has 0 bridgehead atoms. The third-order valence-electron chi connectivity index (χ3n) is 2.13. The molecular weight excluding hydrogens is 276 g/mol. The summed E-state index contributed by atoms with van der Waals surface area (Å²) in [6.45, 7) is -1.07. The molecular formula is C10H11Cl2F3N2. The third-order valence-corrected chi connectivity index (χ3v) is 2.87. The van der Waals surface area contributed by atoms with Gasteiger partial charge in [-0.1, -0.05) is 29.3 Å². The van der Waals surface area contributed by atoms with Gasteiger partial charge in [-0.05, 0) is 17.7 Å². The fourth-order valence-corrected chi connectivity index (χ4v) is 1.61. The molecule has 96 valence electrons. The number of halogens is 5. The molecule has 1 aromatic rings. The number of hydrogen-bond donors (Lipinski definition) is 2. The van der Waals surface area contributed by atoms with Crippen LogP contribution in [0.25, 0.3) is 0 Å². The summed E-state index contributed by atoms with van der Waals surface area (Å²) in [6, 6.07) is 4.02. The van der Waals surface area contributed by atoms with Gasteiger partial charge in [-0.25, -0.2) is 0 Å². The number of rotatable bonds is 4. The first-order valence-corrected chi connectivity index (χ1v) is 5.54. The minimum Gasteiger partial charge on any atom is -0.329 e. The minimum absolute atomic E-state index is 0.0358. The van der Waals surface area contributed by atoms with Gasteiger partial charge >= 0.3 is 6.18 Å². The minimum atomic E-state index is -4.27.